The average molecular weight is 375 g/mol. The van der Waals surface area contributed by atoms with Crippen LogP contribution in [0.5, 0.6) is 0 Å². The highest BCUT2D eigenvalue weighted by Crippen LogP contribution is 2.20. The Morgan fingerprint density at radius 2 is 1.82 bits per heavy atom. The first-order chi connectivity index (χ1) is 13.6. The van der Waals surface area contributed by atoms with Crippen molar-refractivity contribution in [2.75, 3.05) is 5.32 Å². The Morgan fingerprint density at radius 3 is 2.50 bits per heavy atom. The second-order valence-corrected chi connectivity index (χ2v) is 5.92. The molecule has 8 nitrogen and oxygen atoms in total. The summed E-state index contributed by atoms with van der Waals surface area (Å²) in [6.45, 7) is 1.65. The number of carbonyl (C=O) groups is 1. The number of hydrogen-bond donors (Lipinski definition) is 1. The number of amides is 1. The Labute approximate surface area is 159 Å². The lowest BCUT2D eigenvalue weighted by molar-refractivity contribution is 0.102. The van der Waals surface area contributed by atoms with Crippen molar-refractivity contribution in [3.63, 3.8) is 0 Å². The molecule has 9 heteroatoms. The number of hydrogen-bond acceptors (Lipinski definition) is 6. The van der Waals surface area contributed by atoms with E-state index in [-0.39, 0.29) is 11.3 Å². The van der Waals surface area contributed by atoms with Crippen molar-refractivity contribution < 1.29 is 9.18 Å². The maximum Gasteiger partial charge on any atom is 0.258 e. The van der Waals surface area contributed by atoms with Gasteiger partial charge in [0.05, 0.1) is 5.56 Å². The van der Waals surface area contributed by atoms with Gasteiger partial charge in [0, 0.05) is 23.6 Å². The third kappa shape index (κ3) is 3.45. The Balaban J connectivity index is 1.55. The summed E-state index contributed by atoms with van der Waals surface area (Å²) < 4.78 is 15.4. The van der Waals surface area contributed by atoms with Gasteiger partial charge < -0.3 is 5.32 Å². The van der Waals surface area contributed by atoms with E-state index in [1.54, 1.807) is 6.92 Å². The zero-order valence-electron chi connectivity index (χ0n) is 14.7. The molecule has 4 aromatic rings. The third-order valence-electron chi connectivity index (χ3n) is 4.00. The van der Waals surface area contributed by atoms with E-state index in [1.807, 2.05) is 30.3 Å². The summed E-state index contributed by atoms with van der Waals surface area (Å²) in [4.78, 5) is 20.9. The van der Waals surface area contributed by atoms with Crippen molar-refractivity contribution in [3.8, 4) is 17.1 Å². The molecule has 1 N–H and O–H groups in total. The predicted molar refractivity (Wildman–Crippen MR) is 99.3 cm³/mol. The van der Waals surface area contributed by atoms with Gasteiger partial charge in [-0.1, -0.05) is 30.3 Å². The molecule has 0 spiro atoms. The van der Waals surface area contributed by atoms with Gasteiger partial charge in [0.2, 0.25) is 0 Å². The standard InChI is InChI=1S/C19H14FN7O/c1-12-24-25-26-27(12)17-9-15(7-8-16(17)20)23-19(28)14-10-21-18(22-11-14)13-5-3-2-4-6-13/h2-11H,1H3,(H,23,28). The molecule has 2 aromatic carbocycles. The molecule has 0 saturated carbocycles. The molecule has 2 aromatic heterocycles. The second kappa shape index (κ2) is 7.31. The van der Waals surface area contributed by atoms with Crippen LogP contribution < -0.4 is 5.32 Å². The number of nitrogens with zero attached hydrogens (tertiary/aromatic N) is 6. The SMILES string of the molecule is Cc1nnnn1-c1cc(NC(=O)c2cnc(-c3ccccc3)nc2)ccc1F. The minimum Gasteiger partial charge on any atom is -0.322 e. The normalized spacial score (nSPS) is 10.6. The van der Waals surface area contributed by atoms with E-state index in [0.29, 0.717) is 17.3 Å². The van der Waals surface area contributed by atoms with E-state index < -0.39 is 11.7 Å². The monoisotopic (exact) mass is 375 g/mol. The highest BCUT2D eigenvalue weighted by atomic mass is 19.1. The lowest BCUT2D eigenvalue weighted by atomic mass is 10.2. The smallest absolute Gasteiger partial charge is 0.258 e. The van der Waals surface area contributed by atoms with Crippen molar-refractivity contribution in [1.82, 2.24) is 30.2 Å². The summed E-state index contributed by atoms with van der Waals surface area (Å²) in [5.74, 6) is 0.0252. The van der Waals surface area contributed by atoms with Crippen molar-refractivity contribution in [1.29, 1.82) is 0 Å². The molecule has 0 fully saturated rings. The molecule has 138 valence electrons. The number of aryl methyl sites for hydroxylation is 1. The predicted octanol–water partition coefficient (Wildman–Crippen LogP) is 2.82. The van der Waals surface area contributed by atoms with Crippen LogP contribution in [0, 0.1) is 12.7 Å². The quantitative estimate of drug-likeness (QED) is 0.589. The topological polar surface area (TPSA) is 98.5 Å². The number of halogens is 1. The van der Waals surface area contributed by atoms with Crippen LogP contribution in [-0.2, 0) is 0 Å². The summed E-state index contributed by atoms with van der Waals surface area (Å²) >= 11 is 0. The minimum atomic E-state index is -0.510. The van der Waals surface area contributed by atoms with Gasteiger partial charge in [0.1, 0.15) is 11.5 Å². The maximum absolute atomic E-state index is 14.1. The average Bonchev–Trinajstić information content (AvgIpc) is 3.16. The number of anilines is 1. The van der Waals surface area contributed by atoms with Gasteiger partial charge in [-0.15, -0.1) is 5.10 Å². The first-order valence-electron chi connectivity index (χ1n) is 8.35. The van der Waals surface area contributed by atoms with Gasteiger partial charge in [-0.2, -0.15) is 4.68 Å². The summed E-state index contributed by atoms with van der Waals surface area (Å²) in [6, 6.07) is 13.6. The number of rotatable bonds is 4. The van der Waals surface area contributed by atoms with Crippen LogP contribution in [0.15, 0.2) is 60.9 Å². The van der Waals surface area contributed by atoms with Crippen LogP contribution in [0.25, 0.3) is 17.1 Å². The first-order valence-corrected chi connectivity index (χ1v) is 8.35. The van der Waals surface area contributed by atoms with Crippen LogP contribution in [-0.4, -0.2) is 36.1 Å². The van der Waals surface area contributed by atoms with E-state index in [2.05, 4.69) is 30.8 Å². The van der Waals surface area contributed by atoms with Crippen molar-refractivity contribution in [2.45, 2.75) is 6.92 Å². The Kier molecular flexibility index (Phi) is 4.55. The van der Waals surface area contributed by atoms with Gasteiger partial charge >= 0.3 is 0 Å². The van der Waals surface area contributed by atoms with Gasteiger partial charge in [0.25, 0.3) is 5.91 Å². The van der Waals surface area contributed by atoms with Gasteiger partial charge in [0.15, 0.2) is 11.6 Å². The zero-order valence-corrected chi connectivity index (χ0v) is 14.7. The molecule has 0 bridgehead atoms. The Bertz CT molecular complexity index is 1130. The highest BCUT2D eigenvalue weighted by Gasteiger charge is 2.13. The van der Waals surface area contributed by atoms with Crippen LogP contribution in [0.4, 0.5) is 10.1 Å². The molecular weight excluding hydrogens is 361 g/mol. The number of carbonyl (C=O) groups excluding carboxylic acids is 1. The minimum absolute atomic E-state index is 0.135. The van der Waals surface area contributed by atoms with Crippen LogP contribution in [0.2, 0.25) is 0 Å². The van der Waals surface area contributed by atoms with Crippen molar-refractivity contribution in [3.05, 3.63) is 78.1 Å². The molecule has 0 aliphatic heterocycles. The molecule has 2 heterocycles. The molecule has 0 radical (unpaired) electrons. The number of tetrazole rings is 1. The fourth-order valence-electron chi connectivity index (χ4n) is 2.59. The van der Waals surface area contributed by atoms with Crippen molar-refractivity contribution >= 4 is 11.6 Å². The van der Waals surface area contributed by atoms with Gasteiger partial charge in [-0.25, -0.2) is 14.4 Å². The van der Waals surface area contributed by atoms with E-state index in [4.69, 9.17) is 0 Å². The van der Waals surface area contributed by atoms with E-state index in [9.17, 15) is 9.18 Å². The molecule has 0 unspecified atom stereocenters. The molecule has 28 heavy (non-hydrogen) atoms. The zero-order chi connectivity index (χ0) is 19.5. The maximum atomic E-state index is 14.1. The molecule has 1 amide bonds. The number of nitrogens with one attached hydrogen (secondary N) is 1. The lowest BCUT2D eigenvalue weighted by Crippen LogP contribution is -2.13. The lowest BCUT2D eigenvalue weighted by Gasteiger charge is -2.09. The summed E-state index contributed by atoms with van der Waals surface area (Å²) in [5.41, 5.74) is 1.66. The van der Waals surface area contributed by atoms with E-state index >= 15 is 0 Å². The molecule has 4 rings (SSSR count). The molecule has 0 saturated heterocycles. The van der Waals surface area contributed by atoms with Gasteiger partial charge in [-0.05, 0) is 35.5 Å². The van der Waals surface area contributed by atoms with E-state index in [0.717, 1.165) is 5.56 Å². The van der Waals surface area contributed by atoms with Crippen molar-refractivity contribution in [2.24, 2.45) is 0 Å². The van der Waals surface area contributed by atoms with Gasteiger partial charge in [-0.3, -0.25) is 4.79 Å². The first kappa shape index (κ1) is 17.4. The van der Waals surface area contributed by atoms with Crippen LogP contribution in [0.3, 0.4) is 0 Å². The Morgan fingerprint density at radius 1 is 1.07 bits per heavy atom. The van der Waals surface area contributed by atoms with E-state index in [1.165, 1.54) is 35.3 Å². The molecule has 0 aliphatic rings. The molecule has 0 aliphatic carbocycles. The fraction of sp³-hybridized carbons (Fsp3) is 0.0526. The summed E-state index contributed by atoms with van der Waals surface area (Å²) in [7, 11) is 0. The largest absolute Gasteiger partial charge is 0.322 e. The van der Waals surface area contributed by atoms with Crippen LogP contribution in [0.1, 0.15) is 16.2 Å². The summed E-state index contributed by atoms with van der Waals surface area (Å²) in [6.07, 6.45) is 2.89. The number of benzene rings is 2. The third-order valence-corrected chi connectivity index (χ3v) is 4.00. The highest BCUT2D eigenvalue weighted by molar-refractivity contribution is 6.04. The number of aromatic nitrogens is 6. The Hall–Kier alpha value is -4.01. The fourth-order valence-corrected chi connectivity index (χ4v) is 2.59. The molecular formula is C19H14FN7O. The molecule has 0 atom stereocenters. The summed E-state index contributed by atoms with van der Waals surface area (Å²) in [5, 5.41) is 13.7. The van der Waals surface area contributed by atoms with Crippen LogP contribution >= 0.6 is 0 Å². The second-order valence-electron chi connectivity index (χ2n) is 5.92.